The highest BCUT2D eigenvalue weighted by Crippen LogP contribution is 2.20. The summed E-state index contributed by atoms with van der Waals surface area (Å²) in [6.07, 6.45) is 20.0. The van der Waals surface area contributed by atoms with Gasteiger partial charge in [-0.1, -0.05) is 104 Å². The van der Waals surface area contributed by atoms with Gasteiger partial charge in [-0.3, -0.25) is 10.1 Å². The molecular weight excluding hydrogens is 322 g/mol. The Morgan fingerprint density at radius 1 is 0.808 bits per heavy atom. The molecule has 1 amide bonds. The maximum Gasteiger partial charge on any atom is 0.237 e. The van der Waals surface area contributed by atoms with Crippen molar-refractivity contribution < 1.29 is 4.79 Å². The van der Waals surface area contributed by atoms with Crippen LogP contribution in [0.3, 0.4) is 0 Å². The summed E-state index contributed by atoms with van der Waals surface area (Å²) in [6, 6.07) is 0. The molecule has 0 aromatic carbocycles. The van der Waals surface area contributed by atoms with E-state index >= 15 is 0 Å². The summed E-state index contributed by atoms with van der Waals surface area (Å²) in [7, 11) is 0. The normalized spacial score (nSPS) is 14.9. The van der Waals surface area contributed by atoms with Crippen molar-refractivity contribution >= 4 is 5.91 Å². The summed E-state index contributed by atoms with van der Waals surface area (Å²) < 4.78 is 0. The van der Waals surface area contributed by atoms with Crippen LogP contribution in [0.15, 0.2) is 0 Å². The van der Waals surface area contributed by atoms with Crippen LogP contribution in [-0.4, -0.2) is 17.6 Å². The summed E-state index contributed by atoms with van der Waals surface area (Å²) in [5, 5.41) is 3.19. The van der Waals surface area contributed by atoms with Gasteiger partial charge in [0.15, 0.2) is 0 Å². The zero-order valence-electron chi connectivity index (χ0n) is 18.0. The lowest BCUT2D eigenvalue weighted by Crippen LogP contribution is -2.59. The van der Waals surface area contributed by atoms with Gasteiger partial charge in [-0.15, -0.1) is 0 Å². The topological polar surface area (TPSA) is 81.1 Å². The molecule has 4 nitrogen and oxygen atoms in total. The van der Waals surface area contributed by atoms with Crippen LogP contribution in [0.1, 0.15) is 124 Å². The molecule has 156 valence electrons. The van der Waals surface area contributed by atoms with Gasteiger partial charge in [0.1, 0.15) is 0 Å². The van der Waals surface area contributed by atoms with E-state index in [0.717, 1.165) is 12.8 Å². The van der Waals surface area contributed by atoms with E-state index < -0.39 is 5.54 Å². The smallest absolute Gasteiger partial charge is 0.237 e. The lowest BCUT2D eigenvalue weighted by Gasteiger charge is -2.32. The first-order valence-corrected chi connectivity index (χ1v) is 11.3. The van der Waals surface area contributed by atoms with Crippen molar-refractivity contribution in [1.29, 1.82) is 0 Å². The lowest BCUT2D eigenvalue weighted by atomic mass is 9.88. The molecule has 0 saturated heterocycles. The van der Waals surface area contributed by atoms with Crippen molar-refractivity contribution in [1.82, 2.24) is 5.32 Å². The van der Waals surface area contributed by atoms with Gasteiger partial charge in [-0.05, 0) is 19.8 Å². The minimum atomic E-state index is -0.634. The molecule has 4 heteroatoms. The Morgan fingerprint density at radius 3 is 1.50 bits per heavy atom. The lowest BCUT2D eigenvalue weighted by molar-refractivity contribution is -0.125. The molecule has 0 aromatic heterocycles. The highest BCUT2D eigenvalue weighted by molar-refractivity contribution is 5.84. The molecule has 2 unspecified atom stereocenters. The van der Waals surface area contributed by atoms with Crippen LogP contribution in [0.4, 0.5) is 0 Å². The molecule has 0 radical (unpaired) electrons. The van der Waals surface area contributed by atoms with Crippen LogP contribution in [0.25, 0.3) is 0 Å². The van der Waals surface area contributed by atoms with Crippen LogP contribution in [0.2, 0.25) is 0 Å². The number of hydrogen-bond donors (Lipinski definition) is 3. The van der Waals surface area contributed by atoms with Crippen molar-refractivity contribution in [2.45, 2.75) is 135 Å². The first-order valence-electron chi connectivity index (χ1n) is 11.3. The molecule has 0 spiro atoms. The van der Waals surface area contributed by atoms with E-state index in [1.54, 1.807) is 0 Å². The van der Waals surface area contributed by atoms with E-state index in [2.05, 4.69) is 12.2 Å². The van der Waals surface area contributed by atoms with Gasteiger partial charge in [0.2, 0.25) is 5.91 Å². The maximum atomic E-state index is 11.9. The summed E-state index contributed by atoms with van der Waals surface area (Å²) in [5.41, 5.74) is 10.8. The molecule has 0 bridgehead atoms. The highest BCUT2D eigenvalue weighted by Gasteiger charge is 2.34. The van der Waals surface area contributed by atoms with Crippen molar-refractivity contribution in [3.63, 3.8) is 0 Å². The predicted octanol–water partition coefficient (Wildman–Crippen LogP) is 5.39. The molecule has 0 heterocycles. The molecule has 0 aliphatic rings. The molecule has 2 atom stereocenters. The Bertz CT molecular complexity index is 333. The van der Waals surface area contributed by atoms with Gasteiger partial charge in [0.05, 0.1) is 11.7 Å². The van der Waals surface area contributed by atoms with E-state index in [4.69, 9.17) is 11.5 Å². The van der Waals surface area contributed by atoms with Crippen LogP contribution in [-0.2, 0) is 4.79 Å². The van der Waals surface area contributed by atoms with Gasteiger partial charge >= 0.3 is 0 Å². The average molecular weight is 370 g/mol. The van der Waals surface area contributed by atoms with Gasteiger partial charge in [0, 0.05) is 0 Å². The van der Waals surface area contributed by atoms with E-state index in [1.807, 2.05) is 13.8 Å². The second-order valence-corrected chi connectivity index (χ2v) is 8.08. The number of primary amides is 1. The zero-order valence-corrected chi connectivity index (χ0v) is 18.0. The Kier molecular flexibility index (Phi) is 16.2. The van der Waals surface area contributed by atoms with Crippen LogP contribution in [0, 0.1) is 0 Å². The Balaban J connectivity index is 3.58. The quantitative estimate of drug-likeness (QED) is 0.211. The van der Waals surface area contributed by atoms with Crippen molar-refractivity contribution in [3.05, 3.63) is 0 Å². The number of carbonyl (C=O) groups is 1. The first kappa shape index (κ1) is 25.4. The number of amides is 1. The Labute approximate surface area is 163 Å². The highest BCUT2D eigenvalue weighted by atomic mass is 16.1. The summed E-state index contributed by atoms with van der Waals surface area (Å²) in [6.45, 7) is 6.14. The fourth-order valence-corrected chi connectivity index (χ4v) is 3.78. The number of unbranched alkanes of at least 4 members (excludes halogenated alkanes) is 13. The minimum absolute atomic E-state index is 0.214. The van der Waals surface area contributed by atoms with Gasteiger partial charge < -0.3 is 11.5 Å². The second kappa shape index (κ2) is 16.6. The maximum absolute atomic E-state index is 11.9. The zero-order chi connectivity index (χ0) is 19.7. The van der Waals surface area contributed by atoms with Crippen molar-refractivity contribution in [2.24, 2.45) is 11.5 Å². The minimum Gasteiger partial charge on any atom is -0.368 e. The van der Waals surface area contributed by atoms with E-state index in [1.165, 1.54) is 83.5 Å². The number of rotatable bonds is 19. The van der Waals surface area contributed by atoms with Gasteiger partial charge in [0.25, 0.3) is 0 Å². The Morgan fingerprint density at radius 2 is 1.19 bits per heavy atom. The van der Waals surface area contributed by atoms with Crippen LogP contribution in [0.5, 0.6) is 0 Å². The SMILES string of the molecule is CCCCCCCCCCCCCCCCC(CC)(NC(C)N)C(N)=O. The van der Waals surface area contributed by atoms with Crippen LogP contribution >= 0.6 is 0 Å². The number of carbonyl (C=O) groups excluding carboxylic acids is 1. The third-order valence-electron chi connectivity index (χ3n) is 5.54. The molecule has 0 aromatic rings. The van der Waals surface area contributed by atoms with E-state index in [-0.39, 0.29) is 12.1 Å². The summed E-state index contributed by atoms with van der Waals surface area (Å²) >= 11 is 0. The fraction of sp³-hybridized carbons (Fsp3) is 0.955. The van der Waals surface area contributed by atoms with E-state index in [9.17, 15) is 4.79 Å². The average Bonchev–Trinajstić information content (AvgIpc) is 2.60. The Hall–Kier alpha value is -0.610. The molecule has 0 aliphatic heterocycles. The standard InChI is InChI=1S/C22H47N3O/c1-4-6-7-8-9-10-11-12-13-14-15-16-17-18-19-22(5-2,21(24)26)25-20(3)23/h20,25H,4-19,23H2,1-3H3,(H2,24,26). The summed E-state index contributed by atoms with van der Waals surface area (Å²) in [4.78, 5) is 11.9. The molecule has 0 rings (SSSR count). The van der Waals surface area contributed by atoms with E-state index in [0.29, 0.717) is 6.42 Å². The number of nitrogens with two attached hydrogens (primary N) is 2. The van der Waals surface area contributed by atoms with Crippen molar-refractivity contribution in [2.75, 3.05) is 0 Å². The molecule has 26 heavy (non-hydrogen) atoms. The number of nitrogens with one attached hydrogen (secondary N) is 1. The van der Waals surface area contributed by atoms with Crippen molar-refractivity contribution in [3.8, 4) is 0 Å². The molecular formula is C22H47N3O. The predicted molar refractivity (Wildman–Crippen MR) is 114 cm³/mol. The molecule has 0 saturated carbocycles. The van der Waals surface area contributed by atoms with Gasteiger partial charge in [-0.25, -0.2) is 0 Å². The molecule has 0 aliphatic carbocycles. The second-order valence-electron chi connectivity index (χ2n) is 8.08. The largest absolute Gasteiger partial charge is 0.368 e. The third-order valence-corrected chi connectivity index (χ3v) is 5.54. The van der Waals surface area contributed by atoms with Crippen LogP contribution < -0.4 is 16.8 Å². The fourth-order valence-electron chi connectivity index (χ4n) is 3.78. The first-order chi connectivity index (χ1) is 12.5. The summed E-state index contributed by atoms with van der Waals surface area (Å²) in [5.74, 6) is -0.271. The molecule has 0 fully saturated rings. The number of hydrogen-bond acceptors (Lipinski definition) is 3. The molecule has 5 N–H and O–H groups in total. The van der Waals surface area contributed by atoms with Gasteiger partial charge in [-0.2, -0.15) is 0 Å². The monoisotopic (exact) mass is 369 g/mol. The third kappa shape index (κ3) is 12.7.